The number of benzene rings is 1. The topological polar surface area (TPSA) is 75.5 Å². The summed E-state index contributed by atoms with van der Waals surface area (Å²) in [7, 11) is 0. The highest BCUT2D eigenvalue weighted by molar-refractivity contribution is 5.96. The lowest BCUT2D eigenvalue weighted by molar-refractivity contribution is -0.384. The summed E-state index contributed by atoms with van der Waals surface area (Å²) >= 11 is 0. The van der Waals surface area contributed by atoms with E-state index in [1.807, 2.05) is 18.7 Å². The Kier molecular flexibility index (Phi) is 3.76. The van der Waals surface area contributed by atoms with E-state index in [-0.39, 0.29) is 17.1 Å². The van der Waals surface area contributed by atoms with E-state index < -0.39 is 4.92 Å². The largest absolute Gasteiger partial charge is 0.331 e. The second kappa shape index (κ2) is 5.20. The van der Waals surface area contributed by atoms with Crippen molar-refractivity contribution in [3.8, 4) is 0 Å². The molecule has 1 heterocycles. The van der Waals surface area contributed by atoms with Crippen LogP contribution in [0.5, 0.6) is 0 Å². The molecule has 1 aliphatic heterocycles. The van der Waals surface area contributed by atoms with Gasteiger partial charge in [0.25, 0.3) is 11.6 Å². The molecule has 0 aromatic heterocycles. The van der Waals surface area contributed by atoms with Crippen LogP contribution in [0.4, 0.5) is 5.69 Å². The summed E-state index contributed by atoms with van der Waals surface area (Å²) in [5, 5.41) is 14.0. The van der Waals surface area contributed by atoms with Crippen LogP contribution in [-0.4, -0.2) is 40.9 Å². The average Bonchev–Trinajstić information content (AvgIpc) is 2.37. The molecule has 1 fully saturated rings. The van der Waals surface area contributed by atoms with E-state index >= 15 is 0 Å². The number of non-ortho nitro benzene ring substituents is 1. The minimum absolute atomic E-state index is 0.0126. The Hall–Kier alpha value is -1.95. The van der Waals surface area contributed by atoms with Gasteiger partial charge in [-0.2, -0.15) is 0 Å². The normalized spacial score (nSPS) is 17.9. The number of piperazine rings is 1. The number of rotatable bonds is 2. The molecule has 1 aliphatic rings. The lowest BCUT2D eigenvalue weighted by atomic mass is 9.97. The number of amides is 1. The van der Waals surface area contributed by atoms with Gasteiger partial charge in [0.15, 0.2) is 0 Å². The lowest BCUT2D eigenvalue weighted by Gasteiger charge is -2.43. The summed E-state index contributed by atoms with van der Waals surface area (Å²) in [6, 6.07) is 4.38. The zero-order chi connectivity index (χ0) is 14.9. The van der Waals surface area contributed by atoms with E-state index in [0.29, 0.717) is 17.7 Å². The highest BCUT2D eigenvalue weighted by Crippen LogP contribution is 2.23. The van der Waals surface area contributed by atoms with Crippen molar-refractivity contribution < 1.29 is 9.72 Å². The first-order valence-corrected chi connectivity index (χ1v) is 6.61. The molecule has 0 bridgehead atoms. The Balaban J connectivity index is 2.31. The minimum atomic E-state index is -0.448. The van der Waals surface area contributed by atoms with Crippen LogP contribution < -0.4 is 5.32 Å². The van der Waals surface area contributed by atoms with Crippen molar-refractivity contribution in [3.63, 3.8) is 0 Å². The maximum atomic E-state index is 12.6. The van der Waals surface area contributed by atoms with Crippen molar-refractivity contribution in [2.75, 3.05) is 19.6 Å². The molecule has 0 spiro atoms. The molecule has 0 unspecified atom stereocenters. The summed E-state index contributed by atoms with van der Waals surface area (Å²) in [5.41, 5.74) is 0.923. The van der Waals surface area contributed by atoms with Gasteiger partial charge >= 0.3 is 0 Å². The van der Waals surface area contributed by atoms with E-state index in [9.17, 15) is 14.9 Å². The van der Waals surface area contributed by atoms with Gasteiger partial charge in [-0.15, -0.1) is 0 Å². The molecule has 0 radical (unpaired) electrons. The molecular weight excluding hydrogens is 258 g/mol. The predicted molar refractivity (Wildman–Crippen MR) is 75.8 cm³/mol. The Bertz CT molecular complexity index is 555. The number of nitrogens with zero attached hydrogens (tertiary/aromatic N) is 2. The molecule has 1 aromatic rings. The van der Waals surface area contributed by atoms with E-state index in [0.717, 1.165) is 13.1 Å². The highest BCUT2D eigenvalue weighted by atomic mass is 16.6. The summed E-state index contributed by atoms with van der Waals surface area (Å²) in [4.78, 5) is 24.8. The first-order chi connectivity index (χ1) is 9.33. The van der Waals surface area contributed by atoms with Gasteiger partial charge in [-0.25, -0.2) is 0 Å². The van der Waals surface area contributed by atoms with Gasteiger partial charge in [0.1, 0.15) is 0 Å². The maximum Gasteiger partial charge on any atom is 0.269 e. The average molecular weight is 277 g/mol. The van der Waals surface area contributed by atoms with Gasteiger partial charge in [0.2, 0.25) is 0 Å². The van der Waals surface area contributed by atoms with Crippen LogP contribution in [0.15, 0.2) is 18.2 Å². The quantitative estimate of drug-likeness (QED) is 0.660. The van der Waals surface area contributed by atoms with E-state index in [1.54, 1.807) is 13.0 Å². The van der Waals surface area contributed by atoms with Gasteiger partial charge in [0.05, 0.1) is 10.5 Å². The molecule has 108 valence electrons. The van der Waals surface area contributed by atoms with Crippen LogP contribution in [0.2, 0.25) is 0 Å². The summed E-state index contributed by atoms with van der Waals surface area (Å²) < 4.78 is 0. The number of nitrogens with one attached hydrogen (secondary N) is 1. The second-order valence-corrected chi connectivity index (χ2v) is 5.70. The monoisotopic (exact) mass is 277 g/mol. The SMILES string of the molecule is Cc1cc([N+](=O)[O-])ccc1C(=O)N1CCNCC1(C)C. The molecule has 1 aromatic carbocycles. The number of hydrogen-bond donors (Lipinski definition) is 1. The molecule has 0 aliphatic carbocycles. The molecule has 1 amide bonds. The standard InChI is InChI=1S/C14H19N3O3/c1-10-8-11(17(19)20)4-5-12(10)13(18)16-7-6-15-9-14(16,2)3/h4-5,8,15H,6-7,9H2,1-3H3. The molecule has 1 saturated heterocycles. The number of carbonyl (C=O) groups is 1. The van der Waals surface area contributed by atoms with E-state index in [4.69, 9.17) is 0 Å². The number of carbonyl (C=O) groups excluding carboxylic acids is 1. The molecule has 2 rings (SSSR count). The van der Waals surface area contributed by atoms with Crippen molar-refractivity contribution in [2.24, 2.45) is 0 Å². The number of nitro benzene ring substituents is 1. The van der Waals surface area contributed by atoms with Crippen LogP contribution in [0.1, 0.15) is 29.8 Å². The summed E-state index contributed by atoms with van der Waals surface area (Å²) in [5.74, 6) is -0.0658. The zero-order valence-electron chi connectivity index (χ0n) is 12.0. The molecule has 0 saturated carbocycles. The van der Waals surface area contributed by atoms with Crippen molar-refractivity contribution >= 4 is 11.6 Å². The molecular formula is C14H19N3O3. The third kappa shape index (κ3) is 2.65. The predicted octanol–water partition coefficient (Wildman–Crippen LogP) is 1.73. The fourth-order valence-corrected chi connectivity index (χ4v) is 2.51. The number of nitro groups is 1. The van der Waals surface area contributed by atoms with Gasteiger partial charge in [0, 0.05) is 37.3 Å². The number of hydrogen-bond acceptors (Lipinski definition) is 4. The fraction of sp³-hybridized carbons (Fsp3) is 0.500. The second-order valence-electron chi connectivity index (χ2n) is 5.70. The third-order valence-electron chi connectivity index (χ3n) is 3.70. The van der Waals surface area contributed by atoms with Crippen LogP contribution in [0.25, 0.3) is 0 Å². The van der Waals surface area contributed by atoms with Gasteiger partial charge in [-0.05, 0) is 32.4 Å². The molecule has 0 atom stereocenters. The molecule has 6 heteroatoms. The first-order valence-electron chi connectivity index (χ1n) is 6.61. The summed E-state index contributed by atoms with van der Waals surface area (Å²) in [6.45, 7) is 7.90. The van der Waals surface area contributed by atoms with E-state index in [1.165, 1.54) is 12.1 Å². The Labute approximate surface area is 117 Å². The van der Waals surface area contributed by atoms with Gasteiger partial charge < -0.3 is 10.2 Å². The third-order valence-corrected chi connectivity index (χ3v) is 3.70. The highest BCUT2D eigenvalue weighted by Gasteiger charge is 2.34. The zero-order valence-corrected chi connectivity index (χ0v) is 12.0. The van der Waals surface area contributed by atoms with Crippen LogP contribution in [-0.2, 0) is 0 Å². The Morgan fingerprint density at radius 2 is 2.15 bits per heavy atom. The van der Waals surface area contributed by atoms with Crippen molar-refractivity contribution in [1.82, 2.24) is 10.2 Å². The van der Waals surface area contributed by atoms with Crippen LogP contribution in [0.3, 0.4) is 0 Å². The van der Waals surface area contributed by atoms with Crippen molar-refractivity contribution in [1.29, 1.82) is 0 Å². The van der Waals surface area contributed by atoms with Crippen molar-refractivity contribution in [3.05, 3.63) is 39.4 Å². The molecule has 20 heavy (non-hydrogen) atoms. The smallest absolute Gasteiger partial charge is 0.269 e. The maximum absolute atomic E-state index is 12.6. The fourth-order valence-electron chi connectivity index (χ4n) is 2.51. The Morgan fingerprint density at radius 1 is 1.45 bits per heavy atom. The first kappa shape index (κ1) is 14.5. The summed E-state index contributed by atoms with van der Waals surface area (Å²) in [6.07, 6.45) is 0. The van der Waals surface area contributed by atoms with Crippen LogP contribution >= 0.6 is 0 Å². The van der Waals surface area contributed by atoms with E-state index in [2.05, 4.69) is 5.32 Å². The van der Waals surface area contributed by atoms with Gasteiger partial charge in [-0.1, -0.05) is 0 Å². The van der Waals surface area contributed by atoms with Crippen molar-refractivity contribution in [2.45, 2.75) is 26.3 Å². The van der Waals surface area contributed by atoms with Gasteiger partial charge in [-0.3, -0.25) is 14.9 Å². The molecule has 1 N–H and O–H groups in total. The lowest BCUT2D eigenvalue weighted by Crippen LogP contribution is -2.59. The molecule has 6 nitrogen and oxygen atoms in total. The number of aryl methyl sites for hydroxylation is 1. The minimum Gasteiger partial charge on any atom is -0.331 e. The van der Waals surface area contributed by atoms with Crippen LogP contribution in [0, 0.1) is 17.0 Å². The Morgan fingerprint density at radius 3 is 2.70 bits per heavy atom.